The number of benzene rings is 2. The summed E-state index contributed by atoms with van der Waals surface area (Å²) in [5.74, 6) is -0.657. The Morgan fingerprint density at radius 2 is 2.03 bits per heavy atom. The van der Waals surface area contributed by atoms with Crippen LogP contribution in [0.1, 0.15) is 12.8 Å². The van der Waals surface area contributed by atoms with E-state index in [1.165, 1.54) is 16.7 Å². The van der Waals surface area contributed by atoms with E-state index < -0.39 is 5.82 Å². The molecule has 0 unspecified atom stereocenters. The van der Waals surface area contributed by atoms with Gasteiger partial charge in [-0.1, -0.05) is 36.0 Å². The van der Waals surface area contributed by atoms with Crippen LogP contribution in [0.3, 0.4) is 0 Å². The van der Waals surface area contributed by atoms with E-state index in [4.69, 9.17) is 4.74 Å². The maximum absolute atomic E-state index is 14.4. The zero-order chi connectivity index (χ0) is 20.2. The van der Waals surface area contributed by atoms with Crippen molar-refractivity contribution < 1.29 is 13.9 Å². The summed E-state index contributed by atoms with van der Waals surface area (Å²) in [5.41, 5.74) is 0.244. The zero-order valence-corrected chi connectivity index (χ0v) is 16.5. The van der Waals surface area contributed by atoms with Crippen molar-refractivity contribution in [2.45, 2.75) is 24.1 Å². The van der Waals surface area contributed by atoms with Crippen molar-refractivity contribution in [2.75, 3.05) is 18.9 Å². The van der Waals surface area contributed by atoms with Crippen LogP contribution in [0.15, 0.2) is 58.5 Å². The summed E-state index contributed by atoms with van der Waals surface area (Å²) < 4.78 is 21.2. The predicted octanol–water partition coefficient (Wildman–Crippen LogP) is 2.91. The fraction of sp³-hybridized carbons (Fsp3) is 0.286. The number of nitrogens with zero attached hydrogens (tertiary/aromatic N) is 2. The van der Waals surface area contributed by atoms with Crippen LogP contribution in [-0.4, -0.2) is 40.5 Å². The molecule has 0 saturated carbocycles. The van der Waals surface area contributed by atoms with Gasteiger partial charge in [-0.05, 0) is 37.1 Å². The summed E-state index contributed by atoms with van der Waals surface area (Å²) in [6, 6.07) is 12.9. The van der Waals surface area contributed by atoms with E-state index in [0.29, 0.717) is 17.4 Å². The molecule has 0 radical (unpaired) electrons. The molecule has 1 atom stereocenters. The number of para-hydroxylation sites is 2. The molecule has 1 N–H and O–H groups in total. The number of amides is 1. The third-order valence-corrected chi connectivity index (χ3v) is 5.66. The molecule has 1 aromatic heterocycles. The van der Waals surface area contributed by atoms with E-state index in [0.717, 1.165) is 31.2 Å². The third kappa shape index (κ3) is 4.33. The summed E-state index contributed by atoms with van der Waals surface area (Å²) in [6.07, 6.45) is 2.00. The van der Waals surface area contributed by atoms with Crippen molar-refractivity contribution in [3.63, 3.8) is 0 Å². The average molecular weight is 413 g/mol. The number of aromatic nitrogens is 2. The average Bonchev–Trinajstić information content (AvgIpc) is 3.25. The lowest BCUT2D eigenvalue weighted by Crippen LogP contribution is -2.33. The molecule has 1 aliphatic rings. The number of nitrogens with one attached hydrogen (secondary N) is 1. The van der Waals surface area contributed by atoms with Crippen molar-refractivity contribution in [3.8, 4) is 5.69 Å². The highest BCUT2D eigenvalue weighted by Crippen LogP contribution is 2.22. The van der Waals surface area contributed by atoms with Gasteiger partial charge in [-0.25, -0.2) is 9.37 Å². The first-order valence-corrected chi connectivity index (χ1v) is 10.4. The van der Waals surface area contributed by atoms with Crippen molar-refractivity contribution in [1.29, 1.82) is 0 Å². The van der Waals surface area contributed by atoms with Gasteiger partial charge in [0.1, 0.15) is 5.82 Å². The van der Waals surface area contributed by atoms with E-state index >= 15 is 0 Å². The monoisotopic (exact) mass is 413 g/mol. The van der Waals surface area contributed by atoms with Crippen LogP contribution < -0.4 is 10.9 Å². The van der Waals surface area contributed by atoms with Crippen LogP contribution in [0.25, 0.3) is 16.6 Å². The molecule has 1 fully saturated rings. The molecule has 2 aromatic carbocycles. The molecule has 29 heavy (non-hydrogen) atoms. The van der Waals surface area contributed by atoms with Gasteiger partial charge >= 0.3 is 0 Å². The fourth-order valence-corrected chi connectivity index (χ4v) is 4.10. The first kappa shape index (κ1) is 19.6. The first-order valence-electron chi connectivity index (χ1n) is 9.41. The van der Waals surface area contributed by atoms with Crippen molar-refractivity contribution >= 4 is 28.6 Å². The van der Waals surface area contributed by atoms with Gasteiger partial charge in [0, 0.05) is 13.2 Å². The van der Waals surface area contributed by atoms with Crippen molar-refractivity contribution in [2.24, 2.45) is 0 Å². The second-order valence-corrected chi connectivity index (χ2v) is 7.67. The molecule has 0 aliphatic carbocycles. The van der Waals surface area contributed by atoms with Crippen LogP contribution in [0.5, 0.6) is 0 Å². The van der Waals surface area contributed by atoms with E-state index in [9.17, 15) is 14.0 Å². The van der Waals surface area contributed by atoms with Gasteiger partial charge in [-0.2, -0.15) is 0 Å². The van der Waals surface area contributed by atoms with Gasteiger partial charge in [-0.15, -0.1) is 0 Å². The Morgan fingerprint density at radius 3 is 2.83 bits per heavy atom. The van der Waals surface area contributed by atoms with E-state index in [2.05, 4.69) is 10.3 Å². The van der Waals surface area contributed by atoms with Gasteiger partial charge < -0.3 is 10.1 Å². The molecule has 0 bridgehead atoms. The molecule has 1 saturated heterocycles. The molecule has 6 nitrogen and oxygen atoms in total. The molecular formula is C21H20FN3O3S. The molecule has 8 heteroatoms. The highest BCUT2D eigenvalue weighted by atomic mass is 32.2. The summed E-state index contributed by atoms with van der Waals surface area (Å²) in [6.45, 7) is 1.19. The number of carbonyl (C=O) groups excluding carboxylic acids is 1. The molecular weight excluding hydrogens is 393 g/mol. The van der Waals surface area contributed by atoms with Crippen molar-refractivity contribution in [1.82, 2.24) is 14.9 Å². The van der Waals surface area contributed by atoms with Gasteiger partial charge in [0.25, 0.3) is 5.56 Å². The number of halogens is 1. The number of carbonyl (C=O) groups is 1. The number of hydrogen-bond acceptors (Lipinski definition) is 5. The number of rotatable bonds is 6. The summed E-state index contributed by atoms with van der Waals surface area (Å²) >= 11 is 1.10. The van der Waals surface area contributed by atoms with E-state index in [1.54, 1.807) is 36.4 Å². The molecule has 1 amide bonds. The van der Waals surface area contributed by atoms with E-state index in [1.807, 2.05) is 0 Å². The first-order chi connectivity index (χ1) is 14.1. The molecule has 150 valence electrons. The largest absolute Gasteiger partial charge is 0.376 e. The Kier molecular flexibility index (Phi) is 5.92. The minimum Gasteiger partial charge on any atom is -0.376 e. The Morgan fingerprint density at radius 1 is 1.24 bits per heavy atom. The normalized spacial score (nSPS) is 16.2. The van der Waals surface area contributed by atoms with Crippen LogP contribution in [-0.2, 0) is 9.53 Å². The van der Waals surface area contributed by atoms with Gasteiger partial charge in [0.2, 0.25) is 5.91 Å². The minimum atomic E-state index is -0.531. The minimum absolute atomic E-state index is 0.0549. The number of thioether (sulfide) groups is 1. The van der Waals surface area contributed by atoms with E-state index in [-0.39, 0.29) is 34.2 Å². The lowest BCUT2D eigenvalue weighted by molar-refractivity contribution is -0.119. The van der Waals surface area contributed by atoms with Gasteiger partial charge in [0.15, 0.2) is 5.16 Å². The molecule has 4 rings (SSSR count). The van der Waals surface area contributed by atoms with Crippen LogP contribution in [0.4, 0.5) is 4.39 Å². The topological polar surface area (TPSA) is 73.2 Å². The summed E-state index contributed by atoms with van der Waals surface area (Å²) in [4.78, 5) is 29.8. The zero-order valence-electron chi connectivity index (χ0n) is 15.6. The summed E-state index contributed by atoms with van der Waals surface area (Å²) in [7, 11) is 0. The third-order valence-electron chi connectivity index (χ3n) is 4.72. The van der Waals surface area contributed by atoms with Crippen LogP contribution in [0.2, 0.25) is 0 Å². The molecule has 3 aromatic rings. The lowest BCUT2D eigenvalue weighted by Gasteiger charge is -2.14. The van der Waals surface area contributed by atoms with Crippen LogP contribution in [0, 0.1) is 5.82 Å². The number of ether oxygens (including phenoxy) is 1. The number of hydrogen-bond donors (Lipinski definition) is 1. The van der Waals surface area contributed by atoms with Crippen molar-refractivity contribution in [3.05, 3.63) is 64.7 Å². The second-order valence-electron chi connectivity index (χ2n) is 6.73. The highest BCUT2D eigenvalue weighted by molar-refractivity contribution is 7.99. The maximum atomic E-state index is 14.4. The predicted molar refractivity (Wildman–Crippen MR) is 110 cm³/mol. The Labute approximate surface area is 171 Å². The van der Waals surface area contributed by atoms with Crippen LogP contribution >= 0.6 is 11.8 Å². The Bertz CT molecular complexity index is 1100. The number of fused-ring (bicyclic) bond motifs is 1. The SMILES string of the molecule is O=C(CSc1nc2ccccc2c(=O)n1-c1ccccc1F)NC[C@@H]1CCCO1. The molecule has 2 heterocycles. The highest BCUT2D eigenvalue weighted by Gasteiger charge is 2.19. The summed E-state index contributed by atoms with van der Waals surface area (Å²) in [5, 5.41) is 3.50. The smallest absolute Gasteiger partial charge is 0.266 e. The molecule has 0 spiro atoms. The fourth-order valence-electron chi connectivity index (χ4n) is 3.27. The second kappa shape index (κ2) is 8.75. The standard InChI is InChI=1S/C21H20FN3O3S/c22-16-8-2-4-10-18(16)25-20(27)15-7-1-3-9-17(15)24-21(25)29-13-19(26)23-12-14-6-5-11-28-14/h1-4,7-10,14H,5-6,11-13H2,(H,23,26)/t14-/m0/s1. The maximum Gasteiger partial charge on any atom is 0.266 e. The Balaban J connectivity index is 1.62. The lowest BCUT2D eigenvalue weighted by atomic mass is 10.2. The van der Waals surface area contributed by atoms with Gasteiger partial charge in [-0.3, -0.25) is 14.2 Å². The quantitative estimate of drug-likeness (QED) is 0.497. The molecule has 1 aliphatic heterocycles. The van der Waals surface area contributed by atoms with Gasteiger partial charge in [0.05, 0.1) is 28.4 Å². The Hall–Kier alpha value is -2.71.